The van der Waals surface area contributed by atoms with Crippen LogP contribution in [0.25, 0.3) is 0 Å². The Kier molecular flexibility index (Phi) is 5.46. The second-order valence-electron chi connectivity index (χ2n) is 7.94. The number of hydrogen-bond donors (Lipinski definition) is 0. The van der Waals surface area contributed by atoms with Gasteiger partial charge in [-0.05, 0) is 58.1 Å². The summed E-state index contributed by atoms with van der Waals surface area (Å²) in [5, 5.41) is 0. The molecule has 0 unspecified atom stereocenters. The number of fused-ring (bicyclic) bond motifs is 1. The van der Waals surface area contributed by atoms with Crippen molar-refractivity contribution >= 4 is 22.0 Å². The Morgan fingerprint density at radius 1 is 1.30 bits per heavy atom. The number of nitrogens with zero attached hydrogens (tertiary/aromatic N) is 2. The molecule has 0 bridgehead atoms. The number of hydrogen-bond acceptors (Lipinski definition) is 5. The summed E-state index contributed by atoms with van der Waals surface area (Å²) in [6.45, 7) is 7.25. The minimum atomic E-state index is -3.65. The topological polar surface area (TPSA) is 85.3 Å². The lowest BCUT2D eigenvalue weighted by Crippen LogP contribution is -2.43. The quantitative estimate of drug-likeness (QED) is 0.786. The average Bonchev–Trinajstić information content (AvgIpc) is 2.85. The van der Waals surface area contributed by atoms with Gasteiger partial charge in [-0.2, -0.15) is 8.42 Å². The van der Waals surface area contributed by atoms with Gasteiger partial charge in [-0.15, -0.1) is 4.40 Å². The van der Waals surface area contributed by atoms with Crippen molar-refractivity contribution in [2.45, 2.75) is 50.5 Å². The van der Waals surface area contributed by atoms with Crippen LogP contribution in [0.2, 0.25) is 0 Å². The first-order valence-corrected chi connectivity index (χ1v) is 10.6. The van der Waals surface area contributed by atoms with Gasteiger partial charge in [-0.3, -0.25) is 0 Å². The van der Waals surface area contributed by atoms with Crippen LogP contribution < -0.4 is 0 Å². The van der Waals surface area contributed by atoms with Gasteiger partial charge in [0.05, 0.1) is 12.2 Å². The van der Waals surface area contributed by atoms with E-state index in [1.165, 1.54) is 6.07 Å². The molecule has 0 aromatic heterocycles. The van der Waals surface area contributed by atoms with Crippen molar-refractivity contribution < 1.29 is 22.7 Å². The molecule has 1 atom stereocenters. The monoisotopic (exact) mass is 394 g/mol. The Bertz CT molecular complexity index is 842. The first kappa shape index (κ1) is 19.7. The predicted octanol–water partition coefficient (Wildman–Crippen LogP) is 3.19. The second kappa shape index (κ2) is 7.50. The normalized spacial score (nSPS) is 21.4. The fourth-order valence-corrected chi connectivity index (χ4v) is 4.45. The van der Waals surface area contributed by atoms with Crippen LogP contribution in [0.15, 0.2) is 33.6 Å². The number of carbonyl (C=O) groups excluding carboxylic acids is 1. The number of carbonyl (C=O) groups is 1. The van der Waals surface area contributed by atoms with Gasteiger partial charge in [0.1, 0.15) is 10.5 Å². The zero-order chi connectivity index (χ0) is 19.7. The summed E-state index contributed by atoms with van der Waals surface area (Å²) in [5.41, 5.74) is 0.00337. The van der Waals surface area contributed by atoms with E-state index in [1.54, 1.807) is 23.1 Å². The maximum absolute atomic E-state index is 12.2. The van der Waals surface area contributed by atoms with Crippen molar-refractivity contribution in [3.63, 3.8) is 0 Å². The predicted molar refractivity (Wildman–Crippen MR) is 101 cm³/mol. The smallest absolute Gasteiger partial charge is 0.410 e. The minimum Gasteiger partial charge on any atom is -0.477 e. The van der Waals surface area contributed by atoms with Gasteiger partial charge in [-0.1, -0.05) is 12.1 Å². The summed E-state index contributed by atoms with van der Waals surface area (Å²) in [6.07, 6.45) is 2.36. The third kappa shape index (κ3) is 4.80. The Hall–Kier alpha value is -2.09. The minimum absolute atomic E-state index is 0.158. The molecule has 0 N–H and O–H groups in total. The first-order valence-electron chi connectivity index (χ1n) is 9.21. The van der Waals surface area contributed by atoms with E-state index in [2.05, 4.69) is 4.40 Å². The molecule has 1 saturated heterocycles. The van der Waals surface area contributed by atoms with Crippen LogP contribution in [-0.2, 0) is 19.5 Å². The molecule has 0 radical (unpaired) electrons. The van der Waals surface area contributed by atoms with E-state index >= 15 is 0 Å². The fraction of sp³-hybridized carbons (Fsp3) is 0.579. The summed E-state index contributed by atoms with van der Waals surface area (Å²) in [5.74, 6) is 0.450. The van der Waals surface area contributed by atoms with Crippen molar-refractivity contribution in [2.24, 2.45) is 10.3 Å². The van der Waals surface area contributed by atoms with E-state index in [4.69, 9.17) is 9.47 Å². The van der Waals surface area contributed by atoms with Gasteiger partial charge in [0, 0.05) is 13.1 Å². The third-order valence-corrected chi connectivity index (χ3v) is 5.85. The van der Waals surface area contributed by atoms with Crippen molar-refractivity contribution in [1.29, 1.82) is 0 Å². The van der Waals surface area contributed by atoms with Crippen LogP contribution in [-0.4, -0.2) is 50.6 Å². The van der Waals surface area contributed by atoms with Gasteiger partial charge < -0.3 is 14.4 Å². The second-order valence-corrected chi connectivity index (χ2v) is 9.51. The highest BCUT2D eigenvalue weighted by Crippen LogP contribution is 2.27. The summed E-state index contributed by atoms with van der Waals surface area (Å²) in [6, 6.07) is 6.66. The average molecular weight is 394 g/mol. The van der Waals surface area contributed by atoms with E-state index in [1.807, 2.05) is 20.8 Å². The number of likely N-dealkylation sites (tertiary alicyclic amines) is 1. The van der Waals surface area contributed by atoms with Gasteiger partial charge in [-0.25, -0.2) is 4.79 Å². The summed E-state index contributed by atoms with van der Waals surface area (Å²) < 4.78 is 38.9. The highest BCUT2D eigenvalue weighted by atomic mass is 32.2. The highest BCUT2D eigenvalue weighted by molar-refractivity contribution is 7.90. The first-order chi connectivity index (χ1) is 12.7. The molecule has 1 fully saturated rings. The lowest BCUT2D eigenvalue weighted by Gasteiger charge is -2.34. The third-order valence-electron chi connectivity index (χ3n) is 4.53. The fourth-order valence-electron chi connectivity index (χ4n) is 3.30. The molecular formula is C19H26N2O5S. The molecule has 1 aromatic carbocycles. The van der Waals surface area contributed by atoms with Gasteiger partial charge in [0.2, 0.25) is 5.90 Å². The van der Waals surface area contributed by atoms with Gasteiger partial charge in [0.25, 0.3) is 10.0 Å². The number of ether oxygens (including phenoxy) is 2. The molecule has 2 heterocycles. The number of sulfonamides is 1. The largest absolute Gasteiger partial charge is 0.477 e. The molecule has 27 heavy (non-hydrogen) atoms. The summed E-state index contributed by atoms with van der Waals surface area (Å²) in [4.78, 5) is 14.2. The molecule has 3 rings (SSSR count). The Morgan fingerprint density at radius 2 is 2.04 bits per heavy atom. The molecule has 1 amide bonds. The highest BCUT2D eigenvalue weighted by Gasteiger charge is 2.31. The summed E-state index contributed by atoms with van der Waals surface area (Å²) in [7, 11) is -3.65. The van der Waals surface area contributed by atoms with Gasteiger partial charge in [0.15, 0.2) is 0 Å². The molecule has 0 saturated carbocycles. The van der Waals surface area contributed by atoms with Crippen LogP contribution in [0, 0.1) is 5.92 Å². The number of benzene rings is 1. The Morgan fingerprint density at radius 3 is 2.78 bits per heavy atom. The summed E-state index contributed by atoms with van der Waals surface area (Å²) >= 11 is 0. The molecule has 0 spiro atoms. The van der Waals surface area contributed by atoms with Crippen LogP contribution in [0.5, 0.6) is 0 Å². The molecule has 7 nitrogen and oxygen atoms in total. The van der Waals surface area contributed by atoms with E-state index < -0.39 is 15.6 Å². The van der Waals surface area contributed by atoms with Crippen molar-refractivity contribution in [2.75, 3.05) is 19.7 Å². The molecule has 1 aromatic rings. The Balaban J connectivity index is 1.53. The van der Waals surface area contributed by atoms with Gasteiger partial charge >= 0.3 is 6.09 Å². The maximum atomic E-state index is 12.2. The molecule has 8 heteroatoms. The van der Waals surface area contributed by atoms with Crippen LogP contribution >= 0.6 is 0 Å². The van der Waals surface area contributed by atoms with Crippen molar-refractivity contribution in [3.05, 3.63) is 29.8 Å². The lowest BCUT2D eigenvalue weighted by atomic mass is 9.95. The SMILES string of the molecule is CC(C)(C)OC(=O)N1CCC[C@H](CCOC2=NS(=O)(=O)c3ccccc32)C1. The Labute approximate surface area is 160 Å². The van der Waals surface area contributed by atoms with Crippen LogP contribution in [0.1, 0.15) is 45.6 Å². The molecule has 2 aliphatic heterocycles. The van der Waals surface area contributed by atoms with Crippen molar-refractivity contribution in [3.8, 4) is 0 Å². The number of piperidine rings is 1. The van der Waals surface area contributed by atoms with E-state index in [-0.39, 0.29) is 16.9 Å². The van der Waals surface area contributed by atoms with E-state index in [0.717, 1.165) is 19.3 Å². The standard InChI is InChI=1S/C19H26N2O5S/c1-19(2,3)26-18(22)21-11-6-7-14(13-21)10-12-25-17-15-8-4-5-9-16(15)27(23,24)20-17/h4-5,8-9,14H,6-7,10-13H2,1-3H3/t14-/m1/s1. The zero-order valence-electron chi connectivity index (χ0n) is 16.0. The number of amides is 1. The van der Waals surface area contributed by atoms with Crippen LogP contribution in [0.4, 0.5) is 4.79 Å². The van der Waals surface area contributed by atoms with Crippen molar-refractivity contribution in [1.82, 2.24) is 4.90 Å². The number of rotatable bonds is 3. The molecule has 2 aliphatic rings. The maximum Gasteiger partial charge on any atom is 0.410 e. The zero-order valence-corrected chi connectivity index (χ0v) is 16.8. The van der Waals surface area contributed by atoms with Crippen LogP contribution in [0.3, 0.4) is 0 Å². The molecular weight excluding hydrogens is 368 g/mol. The molecule has 0 aliphatic carbocycles. The van der Waals surface area contributed by atoms with E-state index in [9.17, 15) is 13.2 Å². The lowest BCUT2D eigenvalue weighted by molar-refractivity contribution is 0.0154. The van der Waals surface area contributed by atoms with E-state index in [0.29, 0.717) is 31.2 Å². The molecule has 148 valence electrons.